The van der Waals surface area contributed by atoms with Gasteiger partial charge in [-0.25, -0.2) is 0 Å². The number of carboxylic acids is 1. The van der Waals surface area contributed by atoms with Gasteiger partial charge in [0.15, 0.2) is 11.5 Å². The van der Waals surface area contributed by atoms with Gasteiger partial charge < -0.3 is 10.0 Å². The maximum Gasteiger partial charge on any atom is 0.433 e. The number of benzene rings is 1. The second-order valence-corrected chi connectivity index (χ2v) is 11.9. The van der Waals surface area contributed by atoms with Crippen LogP contribution in [-0.2, 0) is 11.0 Å². The molecule has 2 aliphatic rings. The van der Waals surface area contributed by atoms with Crippen LogP contribution in [0.2, 0.25) is 10.0 Å². The number of rotatable bonds is 6. The number of carbonyl (C=O) groups is 3. The first-order valence-corrected chi connectivity index (χ1v) is 14.1. The fourth-order valence-corrected chi connectivity index (χ4v) is 6.57. The van der Waals surface area contributed by atoms with Crippen molar-refractivity contribution in [2.24, 2.45) is 5.41 Å². The third-order valence-corrected chi connectivity index (χ3v) is 9.02. The van der Waals surface area contributed by atoms with E-state index in [1.54, 1.807) is 19.1 Å². The van der Waals surface area contributed by atoms with Crippen molar-refractivity contribution in [1.82, 2.24) is 19.7 Å². The highest BCUT2D eigenvalue weighted by Crippen LogP contribution is 2.44. The van der Waals surface area contributed by atoms with E-state index in [-0.39, 0.29) is 60.2 Å². The summed E-state index contributed by atoms with van der Waals surface area (Å²) >= 11 is 12.5. The summed E-state index contributed by atoms with van der Waals surface area (Å²) in [5.74, 6) is -2.92. The zero-order valence-corrected chi connectivity index (χ0v) is 24.0. The van der Waals surface area contributed by atoms with Crippen molar-refractivity contribution in [1.29, 1.82) is 0 Å². The molecule has 2 fully saturated rings. The molecule has 3 aromatic rings. The third-order valence-electron chi connectivity index (χ3n) is 8.45. The molecule has 1 aliphatic carbocycles. The first-order valence-electron chi connectivity index (χ1n) is 13.4. The number of hydrogen-bond donors (Lipinski definition) is 1. The Bertz CT molecular complexity index is 1500. The molecule has 2 atom stereocenters. The van der Waals surface area contributed by atoms with Crippen molar-refractivity contribution < 1.29 is 32.7 Å². The van der Waals surface area contributed by atoms with Gasteiger partial charge in [0, 0.05) is 24.9 Å². The van der Waals surface area contributed by atoms with E-state index in [0.29, 0.717) is 0 Å². The number of carboxylic acid groups (broad SMARTS) is 1. The number of aromatic nitrogens is 3. The minimum Gasteiger partial charge on any atom is -0.481 e. The van der Waals surface area contributed by atoms with Crippen LogP contribution in [0.1, 0.15) is 83.0 Å². The van der Waals surface area contributed by atoms with E-state index in [0.717, 1.165) is 21.3 Å². The van der Waals surface area contributed by atoms with Gasteiger partial charge in [0.1, 0.15) is 0 Å². The van der Waals surface area contributed by atoms with Crippen molar-refractivity contribution in [2.75, 3.05) is 6.54 Å². The number of pyridine rings is 1. The van der Waals surface area contributed by atoms with Gasteiger partial charge in [-0.1, -0.05) is 53.5 Å². The fourth-order valence-electron chi connectivity index (χ4n) is 6.02. The van der Waals surface area contributed by atoms with E-state index < -0.39 is 52.6 Å². The number of alkyl halides is 3. The molecule has 1 amide bonds. The van der Waals surface area contributed by atoms with Gasteiger partial charge in [0.25, 0.3) is 5.91 Å². The van der Waals surface area contributed by atoms with Crippen molar-refractivity contribution in [3.63, 3.8) is 0 Å². The van der Waals surface area contributed by atoms with Gasteiger partial charge in [-0.2, -0.15) is 18.3 Å². The summed E-state index contributed by atoms with van der Waals surface area (Å²) in [4.78, 5) is 44.4. The Morgan fingerprint density at radius 2 is 1.64 bits per heavy atom. The average Bonchev–Trinajstić information content (AvgIpc) is 3.59. The monoisotopic (exact) mass is 622 g/mol. The lowest BCUT2D eigenvalue weighted by Gasteiger charge is -2.34. The Morgan fingerprint density at radius 3 is 2.21 bits per heavy atom. The lowest BCUT2D eigenvalue weighted by atomic mass is 9.74. The predicted molar refractivity (Wildman–Crippen MR) is 148 cm³/mol. The van der Waals surface area contributed by atoms with Crippen molar-refractivity contribution >= 4 is 40.9 Å². The second-order valence-electron chi connectivity index (χ2n) is 11.1. The summed E-state index contributed by atoms with van der Waals surface area (Å²) in [7, 11) is 0. The molecule has 1 saturated carbocycles. The summed E-state index contributed by atoms with van der Waals surface area (Å²) in [5.41, 5.74) is -2.15. The zero-order valence-electron chi connectivity index (χ0n) is 22.4. The van der Waals surface area contributed by atoms with Gasteiger partial charge in [-0.15, -0.1) is 0 Å². The lowest BCUT2D eigenvalue weighted by Crippen LogP contribution is -2.41. The number of Topliss-reactive ketones (excluding diaryl/α,β-unsaturated/α-hetero) is 1. The molecule has 8 nitrogen and oxygen atoms in total. The lowest BCUT2D eigenvalue weighted by molar-refractivity contribution is -0.152. The number of amides is 1. The third kappa shape index (κ3) is 5.51. The highest BCUT2D eigenvalue weighted by atomic mass is 35.5. The normalized spacial score (nSPS) is 24.5. The molecule has 0 bridgehead atoms. The van der Waals surface area contributed by atoms with Crippen LogP contribution >= 0.6 is 23.2 Å². The highest BCUT2D eigenvalue weighted by molar-refractivity contribution is 6.40. The molecule has 222 valence electrons. The molecule has 13 heteroatoms. The number of ketones is 1. The molecule has 1 N–H and O–H groups in total. The first kappa shape index (κ1) is 30.0. The minimum atomic E-state index is -4.94. The zero-order chi connectivity index (χ0) is 30.4. The average molecular weight is 623 g/mol. The predicted octanol–water partition coefficient (Wildman–Crippen LogP) is 6.69. The van der Waals surface area contributed by atoms with Crippen LogP contribution in [0, 0.1) is 5.41 Å². The minimum absolute atomic E-state index is 0.0115. The topological polar surface area (TPSA) is 105 Å². The van der Waals surface area contributed by atoms with Gasteiger partial charge in [0.2, 0.25) is 0 Å². The van der Waals surface area contributed by atoms with Crippen molar-refractivity contribution in [2.45, 2.75) is 63.2 Å². The molecular formula is C29H27Cl2F3N4O4. The molecule has 1 saturated heterocycles. The van der Waals surface area contributed by atoms with E-state index >= 15 is 0 Å². The molecule has 1 aliphatic heterocycles. The number of nitrogens with zero attached hydrogens (tertiary/aromatic N) is 4. The number of aliphatic carboxylic acids is 1. The van der Waals surface area contributed by atoms with E-state index in [1.807, 2.05) is 18.2 Å². The van der Waals surface area contributed by atoms with Crippen LogP contribution < -0.4 is 0 Å². The largest absolute Gasteiger partial charge is 0.481 e. The van der Waals surface area contributed by atoms with Gasteiger partial charge in [-0.05, 0) is 44.6 Å². The molecule has 42 heavy (non-hydrogen) atoms. The molecule has 0 unspecified atom stereocenters. The Kier molecular flexibility index (Phi) is 8.10. The van der Waals surface area contributed by atoms with E-state index in [9.17, 15) is 32.7 Å². The van der Waals surface area contributed by atoms with Crippen LogP contribution in [-0.4, -0.2) is 55.0 Å². The SMILES string of the molecule is CC1(C(=O)O)CCC(n2ncc(C(=O)N3C[C@@H](c4ccccc4)C[C@H]3C(=O)c3c(Cl)cncc3Cl)c2C(F)(F)F)CC1. The smallest absolute Gasteiger partial charge is 0.433 e. The van der Waals surface area contributed by atoms with Crippen molar-refractivity contribution in [3.05, 3.63) is 81.4 Å². The molecule has 0 spiro atoms. The second kappa shape index (κ2) is 11.3. The van der Waals surface area contributed by atoms with E-state index in [1.165, 1.54) is 12.4 Å². The van der Waals surface area contributed by atoms with Crippen LogP contribution in [0.5, 0.6) is 0 Å². The summed E-state index contributed by atoms with van der Waals surface area (Å²) in [6.07, 6.45) is -0.781. The summed E-state index contributed by atoms with van der Waals surface area (Å²) in [6, 6.07) is 7.21. The van der Waals surface area contributed by atoms with Crippen LogP contribution in [0.15, 0.2) is 48.9 Å². The summed E-state index contributed by atoms with van der Waals surface area (Å²) < 4.78 is 44.5. The highest BCUT2D eigenvalue weighted by Gasteiger charge is 2.48. The van der Waals surface area contributed by atoms with Crippen LogP contribution in [0.3, 0.4) is 0 Å². The Labute approximate surface area is 249 Å². The van der Waals surface area contributed by atoms with E-state index in [4.69, 9.17) is 23.2 Å². The number of halogens is 5. The first-order chi connectivity index (χ1) is 19.8. The molecule has 1 aromatic carbocycles. The standard InChI is InChI=1S/C29H27Cl2F3N4O4/c1-28(27(41)42)9-7-18(8-10-28)38-25(29(32,33)34)19(12-36-38)26(40)37-15-17(16-5-3-2-4-6-16)11-22(37)24(39)23-20(30)13-35-14-21(23)31/h2-6,12-14,17-18,22H,7-11,15H2,1H3,(H,41,42)/t17-,18?,22-,28?/m0/s1. The van der Waals surface area contributed by atoms with Gasteiger partial charge in [-0.3, -0.25) is 24.0 Å². The Hall–Kier alpha value is -3.44. The summed E-state index contributed by atoms with van der Waals surface area (Å²) in [6.45, 7) is 1.56. The van der Waals surface area contributed by atoms with Crippen LogP contribution in [0.4, 0.5) is 13.2 Å². The van der Waals surface area contributed by atoms with Crippen LogP contribution in [0.25, 0.3) is 0 Å². The van der Waals surface area contributed by atoms with Gasteiger partial charge >= 0.3 is 12.1 Å². The molecule has 2 aromatic heterocycles. The fraction of sp³-hybridized carbons (Fsp3) is 0.414. The van der Waals surface area contributed by atoms with E-state index in [2.05, 4.69) is 10.1 Å². The maximum atomic E-state index is 14.6. The molecule has 3 heterocycles. The number of likely N-dealkylation sites (tertiary alicyclic amines) is 1. The van der Waals surface area contributed by atoms with Crippen molar-refractivity contribution in [3.8, 4) is 0 Å². The number of carbonyl (C=O) groups excluding carboxylic acids is 2. The quantitative estimate of drug-likeness (QED) is 0.307. The van der Waals surface area contributed by atoms with Gasteiger partial charge in [0.05, 0.1) is 44.9 Å². The maximum absolute atomic E-state index is 14.6. The Morgan fingerprint density at radius 1 is 1.02 bits per heavy atom. The molecule has 5 rings (SSSR count). The Balaban J connectivity index is 1.52. The molecule has 0 radical (unpaired) electrons. The number of hydrogen-bond acceptors (Lipinski definition) is 5. The molecular weight excluding hydrogens is 596 g/mol. The summed E-state index contributed by atoms with van der Waals surface area (Å²) in [5, 5.41) is 13.5.